The number of amides is 2. The Kier molecular flexibility index (Phi) is 5.28. The van der Waals surface area contributed by atoms with Crippen molar-refractivity contribution in [3.05, 3.63) is 63.4 Å². The molecule has 1 spiro atoms. The average Bonchev–Trinajstić information content (AvgIpc) is 3.28. The average molecular weight is 506 g/mol. The normalized spacial score (nSPS) is 24.3. The van der Waals surface area contributed by atoms with E-state index >= 15 is 0 Å². The van der Waals surface area contributed by atoms with Gasteiger partial charge in [-0.15, -0.1) is 0 Å². The summed E-state index contributed by atoms with van der Waals surface area (Å²) in [7, 11) is 0. The van der Waals surface area contributed by atoms with Crippen molar-refractivity contribution in [3.63, 3.8) is 0 Å². The largest absolute Gasteiger partial charge is 0.342 e. The SMILES string of the molecule is Cc1c(Br)ccnc1C(=O)N1CCC2(CC1)OC1CCC(c3cc(F)cc(F)c3)N1C2=O. The van der Waals surface area contributed by atoms with Crippen molar-refractivity contribution >= 4 is 27.7 Å². The molecule has 2 atom stereocenters. The maximum Gasteiger partial charge on any atom is 0.272 e. The van der Waals surface area contributed by atoms with Crippen LogP contribution in [0.15, 0.2) is 34.9 Å². The fourth-order valence-corrected chi connectivity index (χ4v) is 5.39. The summed E-state index contributed by atoms with van der Waals surface area (Å²) < 4.78 is 34.6. The topological polar surface area (TPSA) is 62.7 Å². The Bertz CT molecular complexity index is 1080. The first-order valence-corrected chi connectivity index (χ1v) is 11.5. The number of hydrogen-bond acceptors (Lipinski definition) is 4. The third-order valence-corrected chi connectivity index (χ3v) is 7.65. The van der Waals surface area contributed by atoms with Gasteiger partial charge in [0.2, 0.25) is 0 Å². The molecule has 0 bridgehead atoms. The maximum atomic E-state index is 13.8. The molecular formula is C23H22BrF2N3O3. The van der Waals surface area contributed by atoms with E-state index in [0.717, 1.165) is 16.1 Å². The highest BCUT2D eigenvalue weighted by Crippen LogP contribution is 2.47. The molecule has 2 unspecified atom stereocenters. The lowest BCUT2D eigenvalue weighted by molar-refractivity contribution is -0.142. The minimum atomic E-state index is -0.994. The Labute approximate surface area is 192 Å². The van der Waals surface area contributed by atoms with E-state index in [4.69, 9.17) is 4.74 Å². The Morgan fingerprint density at radius 1 is 1.19 bits per heavy atom. The molecule has 0 saturated carbocycles. The molecule has 3 aliphatic rings. The van der Waals surface area contributed by atoms with Crippen LogP contribution in [0, 0.1) is 18.6 Å². The highest BCUT2D eigenvalue weighted by molar-refractivity contribution is 9.10. The number of rotatable bonds is 2. The van der Waals surface area contributed by atoms with E-state index in [1.807, 2.05) is 6.92 Å². The molecule has 4 heterocycles. The number of nitrogens with zero attached hydrogens (tertiary/aromatic N) is 3. The molecule has 6 nitrogen and oxygen atoms in total. The second-order valence-corrected chi connectivity index (χ2v) is 9.49. The molecule has 3 aliphatic heterocycles. The Hall–Kier alpha value is -2.39. The van der Waals surface area contributed by atoms with Crippen LogP contribution in [0.3, 0.4) is 0 Å². The molecule has 0 aliphatic carbocycles. The van der Waals surface area contributed by atoms with Crippen LogP contribution in [-0.4, -0.2) is 51.5 Å². The Morgan fingerprint density at radius 3 is 2.56 bits per heavy atom. The summed E-state index contributed by atoms with van der Waals surface area (Å²) in [5, 5.41) is 0. The van der Waals surface area contributed by atoms with Crippen molar-refractivity contribution in [1.29, 1.82) is 0 Å². The maximum absolute atomic E-state index is 13.8. The first-order valence-electron chi connectivity index (χ1n) is 10.7. The number of carbonyl (C=O) groups excluding carboxylic acids is 2. The number of carbonyl (C=O) groups is 2. The molecule has 9 heteroatoms. The van der Waals surface area contributed by atoms with E-state index in [2.05, 4.69) is 20.9 Å². The molecule has 3 saturated heterocycles. The smallest absolute Gasteiger partial charge is 0.272 e. The fraction of sp³-hybridized carbons (Fsp3) is 0.435. The van der Waals surface area contributed by atoms with Gasteiger partial charge in [-0.25, -0.2) is 8.78 Å². The van der Waals surface area contributed by atoms with E-state index in [1.54, 1.807) is 22.1 Å². The lowest BCUT2D eigenvalue weighted by atomic mass is 9.89. The van der Waals surface area contributed by atoms with Crippen molar-refractivity contribution in [1.82, 2.24) is 14.8 Å². The first-order chi connectivity index (χ1) is 15.3. The Balaban J connectivity index is 1.32. The number of halogens is 3. The standard InChI is InChI=1S/C23H22BrF2N3O3/c1-13-17(24)4-7-27-20(13)21(30)28-8-5-23(6-9-28)22(31)29-18(2-3-19(29)32-23)14-10-15(25)12-16(26)11-14/h4,7,10-12,18-19H,2-3,5-6,8-9H2,1H3. The number of fused-ring (bicyclic) bond motifs is 1. The van der Waals surface area contributed by atoms with Gasteiger partial charge in [0.1, 0.15) is 23.6 Å². The van der Waals surface area contributed by atoms with Gasteiger partial charge in [0.25, 0.3) is 11.8 Å². The van der Waals surface area contributed by atoms with Crippen LogP contribution in [0.1, 0.15) is 53.3 Å². The minimum Gasteiger partial charge on any atom is -0.342 e. The summed E-state index contributed by atoms with van der Waals surface area (Å²) in [4.78, 5) is 34.0. The summed E-state index contributed by atoms with van der Waals surface area (Å²) in [6, 6.07) is 4.77. The second kappa shape index (κ2) is 7.88. The van der Waals surface area contributed by atoms with Gasteiger partial charge in [-0.2, -0.15) is 0 Å². The van der Waals surface area contributed by atoms with Crippen molar-refractivity contribution in [3.8, 4) is 0 Å². The molecule has 3 fully saturated rings. The zero-order valence-corrected chi connectivity index (χ0v) is 19.1. The lowest BCUT2D eigenvalue weighted by Crippen LogP contribution is -2.51. The molecule has 1 aromatic heterocycles. The van der Waals surface area contributed by atoms with Crippen molar-refractivity contribution in [2.75, 3.05) is 13.1 Å². The predicted octanol–water partition coefficient (Wildman–Crippen LogP) is 4.13. The van der Waals surface area contributed by atoms with Crippen LogP contribution in [0.4, 0.5) is 8.78 Å². The molecule has 0 N–H and O–H groups in total. The van der Waals surface area contributed by atoms with Gasteiger partial charge in [0.05, 0.1) is 6.04 Å². The van der Waals surface area contributed by atoms with Crippen molar-refractivity contribution in [2.45, 2.75) is 50.5 Å². The molecule has 2 aromatic rings. The zero-order valence-electron chi connectivity index (χ0n) is 17.5. The minimum absolute atomic E-state index is 0.154. The van der Waals surface area contributed by atoms with Crippen LogP contribution < -0.4 is 0 Å². The van der Waals surface area contributed by atoms with Crippen LogP contribution >= 0.6 is 15.9 Å². The van der Waals surface area contributed by atoms with Crippen LogP contribution in [0.2, 0.25) is 0 Å². The van der Waals surface area contributed by atoms with Crippen LogP contribution in [0.25, 0.3) is 0 Å². The third-order valence-electron chi connectivity index (χ3n) is 6.79. The second-order valence-electron chi connectivity index (χ2n) is 8.63. The summed E-state index contributed by atoms with van der Waals surface area (Å²) in [5.74, 6) is -1.64. The number of pyridine rings is 1. The van der Waals surface area contributed by atoms with E-state index in [1.165, 1.54) is 12.1 Å². The fourth-order valence-electron chi connectivity index (χ4n) is 5.09. The van der Waals surface area contributed by atoms with Crippen molar-refractivity contribution in [2.24, 2.45) is 0 Å². The predicted molar refractivity (Wildman–Crippen MR) is 115 cm³/mol. The monoisotopic (exact) mass is 505 g/mol. The van der Waals surface area contributed by atoms with Gasteiger partial charge in [-0.1, -0.05) is 15.9 Å². The summed E-state index contributed by atoms with van der Waals surface area (Å²) in [6.07, 6.45) is 3.14. The van der Waals surface area contributed by atoms with Crippen LogP contribution in [-0.2, 0) is 9.53 Å². The number of likely N-dealkylation sites (tertiary alicyclic amines) is 1. The summed E-state index contributed by atoms with van der Waals surface area (Å²) in [5.41, 5.74) is 0.619. The van der Waals surface area contributed by atoms with Gasteiger partial charge in [0.15, 0.2) is 5.60 Å². The third kappa shape index (κ3) is 3.42. The van der Waals surface area contributed by atoms with Crippen molar-refractivity contribution < 1.29 is 23.1 Å². The number of hydrogen-bond donors (Lipinski definition) is 0. The van der Waals surface area contributed by atoms with E-state index < -0.39 is 29.5 Å². The number of piperidine rings is 1. The summed E-state index contributed by atoms with van der Waals surface area (Å²) in [6.45, 7) is 2.58. The first kappa shape index (κ1) is 21.5. The molecule has 168 valence electrons. The molecule has 2 amide bonds. The van der Waals surface area contributed by atoms with Gasteiger partial charge in [0, 0.05) is 42.7 Å². The van der Waals surface area contributed by atoms with Gasteiger partial charge in [-0.05, 0) is 49.1 Å². The number of ether oxygens (including phenoxy) is 1. The number of benzene rings is 1. The molecule has 1 aromatic carbocycles. The number of aromatic nitrogens is 1. The van der Waals surface area contributed by atoms with Gasteiger partial charge in [-0.3, -0.25) is 14.6 Å². The van der Waals surface area contributed by atoms with Gasteiger partial charge >= 0.3 is 0 Å². The zero-order chi connectivity index (χ0) is 22.6. The highest BCUT2D eigenvalue weighted by atomic mass is 79.9. The Morgan fingerprint density at radius 2 is 1.88 bits per heavy atom. The molecule has 0 radical (unpaired) electrons. The summed E-state index contributed by atoms with van der Waals surface area (Å²) >= 11 is 3.43. The van der Waals surface area contributed by atoms with E-state index in [0.29, 0.717) is 50.0 Å². The lowest BCUT2D eigenvalue weighted by Gasteiger charge is -2.37. The van der Waals surface area contributed by atoms with Gasteiger partial charge < -0.3 is 14.5 Å². The highest BCUT2D eigenvalue weighted by Gasteiger charge is 2.58. The van der Waals surface area contributed by atoms with E-state index in [-0.39, 0.29) is 11.8 Å². The molecular weight excluding hydrogens is 484 g/mol. The molecule has 5 rings (SSSR count). The molecule has 32 heavy (non-hydrogen) atoms. The quantitative estimate of drug-likeness (QED) is 0.615. The van der Waals surface area contributed by atoms with Crippen LogP contribution in [0.5, 0.6) is 0 Å². The van der Waals surface area contributed by atoms with E-state index in [9.17, 15) is 18.4 Å².